The molecule has 1 aromatic carbocycles. The predicted octanol–water partition coefficient (Wildman–Crippen LogP) is 3.71. The molecule has 1 saturated heterocycles. The molecule has 1 aliphatic rings. The van der Waals surface area contributed by atoms with E-state index in [1.165, 1.54) is 6.07 Å². The maximum Gasteiger partial charge on any atom is 0.222 e. The van der Waals surface area contributed by atoms with Crippen LogP contribution in [0.15, 0.2) is 16.7 Å². The maximum atomic E-state index is 13.7. The lowest BCUT2D eigenvalue weighted by molar-refractivity contribution is -0.130. The molecule has 26 heavy (non-hydrogen) atoms. The zero-order chi connectivity index (χ0) is 18.7. The summed E-state index contributed by atoms with van der Waals surface area (Å²) in [6.07, 6.45) is 2.58. The molecule has 0 N–H and O–H groups in total. The van der Waals surface area contributed by atoms with Crippen molar-refractivity contribution in [3.05, 3.63) is 29.2 Å². The van der Waals surface area contributed by atoms with Gasteiger partial charge in [0.2, 0.25) is 5.91 Å². The monoisotopic (exact) mass is 361 g/mol. The third-order valence-corrected chi connectivity index (χ3v) is 5.48. The van der Waals surface area contributed by atoms with Crippen LogP contribution in [0.1, 0.15) is 50.3 Å². The first kappa shape index (κ1) is 18.8. The molecule has 1 fully saturated rings. The fraction of sp³-hybridized carbons (Fsp3) is 0.600. The Morgan fingerprint density at radius 2 is 2.08 bits per heavy atom. The minimum atomic E-state index is -0.253. The second kappa shape index (κ2) is 8.16. The topological polar surface area (TPSA) is 49.6 Å². The molecule has 0 radical (unpaired) electrons. The Labute approximate surface area is 154 Å². The number of carbonyl (C=O) groups excluding carboxylic acids is 1. The average molecular weight is 361 g/mol. The van der Waals surface area contributed by atoms with E-state index in [9.17, 15) is 9.18 Å². The lowest BCUT2D eigenvalue weighted by atomic mass is 9.91. The summed E-state index contributed by atoms with van der Waals surface area (Å²) in [5.74, 6) is 0.313. The Morgan fingerprint density at radius 3 is 2.73 bits per heavy atom. The minimum Gasteiger partial charge on any atom is -0.356 e. The van der Waals surface area contributed by atoms with E-state index in [0.717, 1.165) is 56.6 Å². The highest BCUT2D eigenvalue weighted by atomic mass is 19.1. The molecule has 5 nitrogen and oxygen atoms in total. The van der Waals surface area contributed by atoms with Crippen molar-refractivity contribution >= 4 is 16.9 Å². The summed E-state index contributed by atoms with van der Waals surface area (Å²) in [5, 5.41) is 5.17. The van der Waals surface area contributed by atoms with Gasteiger partial charge in [0.05, 0.1) is 5.69 Å². The number of rotatable bonds is 6. The maximum absolute atomic E-state index is 13.7. The van der Waals surface area contributed by atoms with Crippen molar-refractivity contribution in [2.75, 3.05) is 32.7 Å². The Bertz CT molecular complexity index is 766. The van der Waals surface area contributed by atoms with Crippen molar-refractivity contribution in [2.24, 2.45) is 0 Å². The van der Waals surface area contributed by atoms with Gasteiger partial charge in [-0.3, -0.25) is 4.79 Å². The SMILES string of the molecule is CCC(=O)N(CC)CCN1CCC(c2noc3cc(F)c(C)cc23)CC1. The summed E-state index contributed by atoms with van der Waals surface area (Å²) in [7, 11) is 0. The van der Waals surface area contributed by atoms with E-state index >= 15 is 0 Å². The van der Waals surface area contributed by atoms with Crippen LogP contribution in [0.3, 0.4) is 0 Å². The number of benzene rings is 1. The fourth-order valence-electron chi connectivity index (χ4n) is 3.76. The van der Waals surface area contributed by atoms with Crippen LogP contribution in [0.2, 0.25) is 0 Å². The van der Waals surface area contributed by atoms with E-state index in [1.807, 2.05) is 24.8 Å². The number of aryl methyl sites for hydroxylation is 1. The van der Waals surface area contributed by atoms with Crippen LogP contribution in [-0.4, -0.2) is 53.6 Å². The summed E-state index contributed by atoms with van der Waals surface area (Å²) in [6.45, 7) is 10.1. The first-order chi connectivity index (χ1) is 12.5. The normalized spacial score (nSPS) is 16.3. The van der Waals surface area contributed by atoms with Crippen LogP contribution in [0.4, 0.5) is 4.39 Å². The van der Waals surface area contributed by atoms with Gasteiger partial charge in [-0.25, -0.2) is 4.39 Å². The lowest BCUT2D eigenvalue weighted by Crippen LogP contribution is -2.41. The number of fused-ring (bicyclic) bond motifs is 1. The zero-order valence-electron chi connectivity index (χ0n) is 15.9. The highest BCUT2D eigenvalue weighted by Crippen LogP contribution is 2.33. The quantitative estimate of drug-likeness (QED) is 0.787. The molecule has 1 aliphatic heterocycles. The molecule has 1 amide bonds. The molecule has 0 unspecified atom stereocenters. The van der Waals surface area contributed by atoms with E-state index in [2.05, 4.69) is 10.1 Å². The van der Waals surface area contributed by atoms with Gasteiger partial charge in [0, 0.05) is 43.4 Å². The number of halogens is 1. The van der Waals surface area contributed by atoms with Gasteiger partial charge in [0.25, 0.3) is 0 Å². The number of aromatic nitrogens is 1. The number of piperidine rings is 1. The number of carbonyl (C=O) groups is 1. The standard InChI is InChI=1S/C20H28FN3O2/c1-4-19(25)24(5-2)11-10-23-8-6-15(7-9-23)20-16-12-14(3)17(21)13-18(16)26-22-20/h12-13,15H,4-11H2,1-3H3. The number of likely N-dealkylation sites (N-methyl/N-ethyl adjacent to an activating group) is 1. The van der Waals surface area contributed by atoms with Gasteiger partial charge < -0.3 is 14.3 Å². The van der Waals surface area contributed by atoms with Crippen LogP contribution in [-0.2, 0) is 4.79 Å². The smallest absolute Gasteiger partial charge is 0.222 e. The molecule has 3 rings (SSSR count). The molecule has 2 heterocycles. The van der Waals surface area contributed by atoms with Gasteiger partial charge in [0.1, 0.15) is 5.82 Å². The van der Waals surface area contributed by atoms with Gasteiger partial charge in [-0.15, -0.1) is 0 Å². The van der Waals surface area contributed by atoms with Crippen LogP contribution >= 0.6 is 0 Å². The summed E-state index contributed by atoms with van der Waals surface area (Å²) >= 11 is 0. The molecule has 0 saturated carbocycles. The van der Waals surface area contributed by atoms with E-state index in [0.29, 0.717) is 23.5 Å². The lowest BCUT2D eigenvalue weighted by Gasteiger charge is -2.32. The van der Waals surface area contributed by atoms with Crippen molar-refractivity contribution in [3.8, 4) is 0 Å². The van der Waals surface area contributed by atoms with Crippen molar-refractivity contribution in [3.63, 3.8) is 0 Å². The predicted molar refractivity (Wildman–Crippen MR) is 99.7 cm³/mol. The molecule has 0 aliphatic carbocycles. The second-order valence-corrected chi connectivity index (χ2v) is 7.11. The van der Waals surface area contributed by atoms with E-state index in [4.69, 9.17) is 4.52 Å². The van der Waals surface area contributed by atoms with Crippen molar-refractivity contribution in [2.45, 2.75) is 46.0 Å². The largest absolute Gasteiger partial charge is 0.356 e. The molecular weight excluding hydrogens is 333 g/mol. The number of hydrogen-bond donors (Lipinski definition) is 0. The molecule has 2 aromatic rings. The number of nitrogens with zero attached hydrogens (tertiary/aromatic N) is 3. The van der Waals surface area contributed by atoms with Crippen molar-refractivity contribution < 1.29 is 13.7 Å². The minimum absolute atomic E-state index is 0.221. The van der Waals surface area contributed by atoms with Crippen molar-refractivity contribution in [1.82, 2.24) is 15.0 Å². The second-order valence-electron chi connectivity index (χ2n) is 7.11. The van der Waals surface area contributed by atoms with E-state index < -0.39 is 0 Å². The highest BCUT2D eigenvalue weighted by molar-refractivity contribution is 5.81. The number of hydrogen-bond acceptors (Lipinski definition) is 4. The van der Waals surface area contributed by atoms with Gasteiger partial charge >= 0.3 is 0 Å². The van der Waals surface area contributed by atoms with Gasteiger partial charge in [-0.2, -0.15) is 0 Å². The Kier molecular flexibility index (Phi) is 5.91. The number of amides is 1. The van der Waals surface area contributed by atoms with E-state index in [1.54, 1.807) is 6.92 Å². The van der Waals surface area contributed by atoms with Crippen LogP contribution in [0, 0.1) is 12.7 Å². The fourth-order valence-corrected chi connectivity index (χ4v) is 3.76. The molecule has 0 atom stereocenters. The summed E-state index contributed by atoms with van der Waals surface area (Å²) in [6, 6.07) is 3.28. The Balaban J connectivity index is 1.59. The highest BCUT2D eigenvalue weighted by Gasteiger charge is 2.25. The van der Waals surface area contributed by atoms with Crippen LogP contribution in [0.25, 0.3) is 11.0 Å². The summed E-state index contributed by atoms with van der Waals surface area (Å²) < 4.78 is 19.0. The third kappa shape index (κ3) is 3.90. The van der Waals surface area contributed by atoms with Gasteiger partial charge in [-0.1, -0.05) is 12.1 Å². The third-order valence-electron chi connectivity index (χ3n) is 5.48. The molecule has 142 valence electrons. The Hall–Kier alpha value is -1.95. The number of likely N-dealkylation sites (tertiary alicyclic amines) is 1. The molecular formula is C20H28FN3O2. The molecule has 0 spiro atoms. The molecule has 6 heteroatoms. The van der Waals surface area contributed by atoms with Crippen LogP contribution in [0.5, 0.6) is 0 Å². The Morgan fingerprint density at radius 1 is 1.35 bits per heavy atom. The van der Waals surface area contributed by atoms with Crippen LogP contribution < -0.4 is 0 Å². The van der Waals surface area contributed by atoms with Crippen molar-refractivity contribution in [1.29, 1.82) is 0 Å². The average Bonchev–Trinajstić information content (AvgIpc) is 3.05. The summed E-state index contributed by atoms with van der Waals surface area (Å²) in [4.78, 5) is 16.2. The summed E-state index contributed by atoms with van der Waals surface area (Å²) in [5.41, 5.74) is 2.11. The van der Waals surface area contributed by atoms with Gasteiger partial charge in [-0.05, 0) is 51.4 Å². The van der Waals surface area contributed by atoms with Gasteiger partial charge in [0.15, 0.2) is 5.58 Å². The first-order valence-electron chi connectivity index (χ1n) is 9.59. The first-order valence-corrected chi connectivity index (χ1v) is 9.59. The van der Waals surface area contributed by atoms with E-state index in [-0.39, 0.29) is 11.7 Å². The zero-order valence-corrected chi connectivity index (χ0v) is 15.9. The molecule has 1 aromatic heterocycles. The molecule has 0 bridgehead atoms.